The van der Waals surface area contributed by atoms with Gasteiger partial charge in [0.25, 0.3) is 0 Å². The van der Waals surface area contributed by atoms with E-state index in [0.717, 1.165) is 0 Å². The second-order valence-corrected chi connectivity index (χ2v) is 4.17. The van der Waals surface area contributed by atoms with Crippen molar-refractivity contribution in [3.8, 4) is 5.75 Å². The molecule has 21 heavy (non-hydrogen) atoms. The van der Waals surface area contributed by atoms with E-state index in [4.69, 9.17) is 24.1 Å². The maximum absolute atomic E-state index is 11.2. The van der Waals surface area contributed by atoms with Crippen molar-refractivity contribution in [2.45, 2.75) is 0 Å². The van der Waals surface area contributed by atoms with E-state index < -0.39 is 6.61 Å². The molecule has 0 saturated carbocycles. The summed E-state index contributed by atoms with van der Waals surface area (Å²) in [6, 6.07) is 6.63. The largest absolute Gasteiger partial charge is 0.491 e. The van der Waals surface area contributed by atoms with Gasteiger partial charge in [-0.05, 0) is 24.3 Å². The first-order valence-corrected chi connectivity index (χ1v) is 6.79. The lowest BCUT2D eigenvalue weighted by molar-refractivity contribution is 0.0180. The van der Waals surface area contributed by atoms with E-state index in [1.165, 1.54) is 0 Å². The van der Waals surface area contributed by atoms with Crippen LogP contribution in [0.2, 0.25) is 0 Å². The molecule has 0 saturated heterocycles. The lowest BCUT2D eigenvalue weighted by Gasteiger charge is -2.08. The quantitative estimate of drug-likeness (QED) is 0.457. The number of benzene rings is 1. The average molecular weight is 298 g/mol. The lowest BCUT2D eigenvalue weighted by Crippen LogP contribution is -2.12. The van der Waals surface area contributed by atoms with Gasteiger partial charge in [0, 0.05) is 12.7 Å². The van der Waals surface area contributed by atoms with E-state index in [2.05, 4.69) is 0 Å². The third-order valence-corrected chi connectivity index (χ3v) is 2.62. The van der Waals surface area contributed by atoms with E-state index in [-0.39, 0.29) is 5.78 Å². The number of ether oxygens (including phenoxy) is 4. The maximum atomic E-state index is 11.2. The Morgan fingerprint density at radius 1 is 0.952 bits per heavy atom. The van der Waals surface area contributed by atoms with Gasteiger partial charge in [-0.15, -0.1) is 0 Å². The molecule has 1 aromatic rings. The van der Waals surface area contributed by atoms with E-state index in [1.807, 2.05) is 0 Å². The summed E-state index contributed by atoms with van der Waals surface area (Å²) in [5.74, 6) is 0.350. The number of ketones is 1. The van der Waals surface area contributed by atoms with Crippen LogP contribution < -0.4 is 4.74 Å². The number of Topliss-reactive ketones (excluding diaryl/α,β-unsaturated/α-hetero) is 1. The smallest absolute Gasteiger partial charge is 0.188 e. The summed E-state index contributed by atoms with van der Waals surface area (Å²) in [5, 5.41) is 8.73. The Bertz CT molecular complexity index is 390. The predicted molar refractivity (Wildman–Crippen MR) is 76.9 cm³/mol. The van der Waals surface area contributed by atoms with Crippen molar-refractivity contribution < 1.29 is 28.8 Å². The van der Waals surface area contributed by atoms with Crippen LogP contribution in [0, 0.1) is 0 Å². The Morgan fingerprint density at radius 2 is 1.52 bits per heavy atom. The molecule has 0 radical (unpaired) electrons. The highest BCUT2D eigenvalue weighted by atomic mass is 16.6. The molecule has 0 spiro atoms. The molecule has 0 bridgehead atoms. The van der Waals surface area contributed by atoms with Gasteiger partial charge in [0.15, 0.2) is 5.78 Å². The summed E-state index contributed by atoms with van der Waals surface area (Å²) in [6.07, 6.45) is 0. The second-order valence-electron chi connectivity index (χ2n) is 4.17. The summed E-state index contributed by atoms with van der Waals surface area (Å²) in [6.45, 7) is 2.59. The summed E-state index contributed by atoms with van der Waals surface area (Å²) in [4.78, 5) is 11.2. The Morgan fingerprint density at radius 3 is 2.10 bits per heavy atom. The Labute approximate surface area is 124 Å². The third kappa shape index (κ3) is 7.77. The maximum Gasteiger partial charge on any atom is 0.188 e. The summed E-state index contributed by atoms with van der Waals surface area (Å²) in [7, 11) is 1.63. The molecule has 0 aliphatic rings. The van der Waals surface area contributed by atoms with Gasteiger partial charge >= 0.3 is 0 Å². The van der Waals surface area contributed by atoms with E-state index in [9.17, 15) is 4.79 Å². The SMILES string of the molecule is COCCOCCOCCOc1ccc(C(=O)CO)cc1. The molecule has 0 aliphatic heterocycles. The van der Waals surface area contributed by atoms with Gasteiger partial charge in [0.05, 0.1) is 33.0 Å². The van der Waals surface area contributed by atoms with E-state index in [0.29, 0.717) is 51.0 Å². The minimum atomic E-state index is -0.486. The van der Waals surface area contributed by atoms with Crippen LogP contribution >= 0.6 is 0 Å². The number of hydrogen-bond donors (Lipinski definition) is 1. The fourth-order valence-corrected chi connectivity index (χ4v) is 1.51. The van der Waals surface area contributed by atoms with Crippen molar-refractivity contribution in [2.24, 2.45) is 0 Å². The van der Waals surface area contributed by atoms with Gasteiger partial charge < -0.3 is 24.1 Å². The van der Waals surface area contributed by atoms with Crippen molar-refractivity contribution in [1.82, 2.24) is 0 Å². The van der Waals surface area contributed by atoms with Crippen LogP contribution in [0.1, 0.15) is 10.4 Å². The number of aliphatic hydroxyl groups excluding tert-OH is 1. The minimum absolute atomic E-state index is 0.307. The fourth-order valence-electron chi connectivity index (χ4n) is 1.51. The van der Waals surface area contributed by atoms with Crippen molar-refractivity contribution in [3.05, 3.63) is 29.8 Å². The first-order valence-electron chi connectivity index (χ1n) is 6.79. The van der Waals surface area contributed by atoms with E-state index in [1.54, 1.807) is 31.4 Å². The lowest BCUT2D eigenvalue weighted by atomic mass is 10.1. The third-order valence-electron chi connectivity index (χ3n) is 2.62. The molecular weight excluding hydrogens is 276 g/mol. The molecular formula is C15H22O6. The Kier molecular flexibility index (Phi) is 9.39. The molecule has 0 fully saturated rings. The monoisotopic (exact) mass is 298 g/mol. The first kappa shape index (κ1) is 17.6. The van der Waals surface area contributed by atoms with Gasteiger partial charge in [0.2, 0.25) is 0 Å². The molecule has 0 aliphatic carbocycles. The number of aliphatic hydroxyl groups is 1. The van der Waals surface area contributed by atoms with Gasteiger partial charge in [-0.25, -0.2) is 0 Å². The molecule has 1 aromatic carbocycles. The normalized spacial score (nSPS) is 10.6. The average Bonchev–Trinajstić information content (AvgIpc) is 2.53. The van der Waals surface area contributed by atoms with Crippen molar-refractivity contribution >= 4 is 5.78 Å². The van der Waals surface area contributed by atoms with Crippen LogP contribution in [0.3, 0.4) is 0 Å². The topological polar surface area (TPSA) is 74.2 Å². The van der Waals surface area contributed by atoms with Gasteiger partial charge in [0.1, 0.15) is 19.0 Å². The van der Waals surface area contributed by atoms with Crippen LogP contribution in [0.4, 0.5) is 0 Å². The predicted octanol–water partition coefficient (Wildman–Crippen LogP) is 0.920. The molecule has 0 unspecified atom stereocenters. The first-order chi connectivity index (χ1) is 10.3. The van der Waals surface area contributed by atoms with E-state index >= 15 is 0 Å². The highest BCUT2D eigenvalue weighted by molar-refractivity contribution is 5.96. The number of methoxy groups -OCH3 is 1. The molecule has 0 heterocycles. The van der Waals surface area contributed by atoms with Gasteiger partial charge in [-0.2, -0.15) is 0 Å². The summed E-state index contributed by atoms with van der Waals surface area (Å²) >= 11 is 0. The van der Waals surface area contributed by atoms with Crippen LogP contribution in [-0.2, 0) is 14.2 Å². The molecule has 0 atom stereocenters. The van der Waals surface area contributed by atoms with Crippen LogP contribution in [0.25, 0.3) is 0 Å². The van der Waals surface area contributed by atoms with Gasteiger partial charge in [-0.1, -0.05) is 0 Å². The Balaban J connectivity index is 2.06. The zero-order valence-electron chi connectivity index (χ0n) is 12.2. The van der Waals surface area contributed by atoms with Crippen molar-refractivity contribution in [1.29, 1.82) is 0 Å². The number of carbonyl (C=O) groups is 1. The molecule has 118 valence electrons. The van der Waals surface area contributed by atoms with Gasteiger partial charge in [-0.3, -0.25) is 4.79 Å². The van der Waals surface area contributed by atoms with Crippen LogP contribution in [-0.4, -0.2) is 64.2 Å². The molecule has 1 rings (SSSR count). The molecule has 1 N–H and O–H groups in total. The molecule has 6 heteroatoms. The number of rotatable bonds is 12. The summed E-state index contributed by atoms with van der Waals surface area (Å²) in [5.41, 5.74) is 0.467. The standard InChI is InChI=1S/C15H22O6/c1-18-6-7-19-8-9-20-10-11-21-14-4-2-13(3-5-14)15(17)12-16/h2-5,16H,6-12H2,1H3. The van der Waals surface area contributed by atoms with Crippen molar-refractivity contribution in [2.75, 3.05) is 53.4 Å². The second kappa shape index (κ2) is 11.2. The number of hydrogen-bond acceptors (Lipinski definition) is 6. The fraction of sp³-hybridized carbons (Fsp3) is 0.533. The zero-order chi connectivity index (χ0) is 15.3. The highest BCUT2D eigenvalue weighted by Crippen LogP contribution is 2.12. The molecule has 0 aromatic heterocycles. The van der Waals surface area contributed by atoms with Crippen LogP contribution in [0.15, 0.2) is 24.3 Å². The zero-order valence-corrected chi connectivity index (χ0v) is 12.2. The summed E-state index contributed by atoms with van der Waals surface area (Å²) < 4.78 is 20.9. The highest BCUT2D eigenvalue weighted by Gasteiger charge is 2.03. The molecule has 0 amide bonds. The van der Waals surface area contributed by atoms with Crippen molar-refractivity contribution in [3.63, 3.8) is 0 Å². The molecule has 6 nitrogen and oxygen atoms in total. The van der Waals surface area contributed by atoms with Crippen LogP contribution in [0.5, 0.6) is 5.75 Å². The number of carbonyl (C=O) groups excluding carboxylic acids is 1. The Hall–Kier alpha value is -1.47. The minimum Gasteiger partial charge on any atom is -0.491 e.